The lowest BCUT2D eigenvalue weighted by Crippen LogP contribution is -2.25. The van der Waals surface area contributed by atoms with Crippen LogP contribution >= 0.6 is 11.3 Å². The van der Waals surface area contributed by atoms with E-state index in [1.807, 2.05) is 5.38 Å². The van der Waals surface area contributed by atoms with Gasteiger partial charge in [0.2, 0.25) is 0 Å². The first-order valence-electron chi connectivity index (χ1n) is 4.30. The molecule has 0 fully saturated rings. The molecule has 0 aliphatic rings. The van der Waals surface area contributed by atoms with Gasteiger partial charge in [0.25, 0.3) is 0 Å². The van der Waals surface area contributed by atoms with E-state index in [-0.39, 0.29) is 12.7 Å². The second kappa shape index (κ2) is 5.32. The number of hydrogen-bond acceptors (Lipinski definition) is 4. The van der Waals surface area contributed by atoms with Gasteiger partial charge >= 0.3 is 0 Å². The zero-order valence-electron chi connectivity index (χ0n) is 7.93. The number of aromatic nitrogens is 1. The van der Waals surface area contributed by atoms with Crippen molar-refractivity contribution >= 4 is 11.3 Å². The number of methoxy groups -OCH3 is 1. The first-order valence-corrected chi connectivity index (χ1v) is 5.18. The van der Waals surface area contributed by atoms with Gasteiger partial charge in [0.15, 0.2) is 0 Å². The number of hydrogen-bond donors (Lipinski definition) is 1. The molecule has 3 nitrogen and oxygen atoms in total. The third-order valence-corrected chi connectivity index (χ3v) is 2.90. The minimum absolute atomic E-state index is 0.0725. The molecule has 1 aromatic heterocycles. The fourth-order valence-corrected chi connectivity index (χ4v) is 2.01. The second-order valence-corrected chi connectivity index (χ2v) is 4.04. The maximum absolute atomic E-state index is 8.98. The van der Waals surface area contributed by atoms with Crippen molar-refractivity contribution in [2.24, 2.45) is 5.92 Å². The van der Waals surface area contributed by atoms with Crippen molar-refractivity contribution < 1.29 is 9.84 Å². The fraction of sp³-hybridized carbons (Fsp3) is 0.667. The van der Waals surface area contributed by atoms with Crippen molar-refractivity contribution in [3.63, 3.8) is 0 Å². The number of aliphatic hydroxyl groups excluding tert-OH is 1. The summed E-state index contributed by atoms with van der Waals surface area (Å²) >= 11 is 1.64. The van der Waals surface area contributed by atoms with Crippen molar-refractivity contribution in [3.8, 4) is 0 Å². The van der Waals surface area contributed by atoms with Crippen LogP contribution in [0, 0.1) is 5.92 Å². The van der Waals surface area contributed by atoms with Crippen molar-refractivity contribution in [1.29, 1.82) is 0 Å². The smallest absolute Gasteiger partial charge is 0.0928 e. The molecule has 0 spiro atoms. The molecule has 13 heavy (non-hydrogen) atoms. The molecule has 1 rings (SSSR count). The molecule has 1 aromatic rings. The first kappa shape index (κ1) is 10.6. The summed E-state index contributed by atoms with van der Waals surface area (Å²) in [6.45, 7) is 2.13. The predicted molar refractivity (Wildman–Crippen MR) is 52.9 cm³/mol. The van der Waals surface area contributed by atoms with Gasteiger partial charge in [-0.1, -0.05) is 6.92 Å². The van der Waals surface area contributed by atoms with Crippen LogP contribution in [0.25, 0.3) is 0 Å². The minimum atomic E-state index is -0.0797. The minimum Gasteiger partial charge on any atom is -0.394 e. The van der Waals surface area contributed by atoms with E-state index in [0.29, 0.717) is 5.92 Å². The molecule has 74 valence electrons. The molecule has 0 amide bonds. The van der Waals surface area contributed by atoms with Gasteiger partial charge in [0.1, 0.15) is 0 Å². The molecule has 1 unspecified atom stereocenters. The SMILES string of the molecule is COC(CO)[C@H](C)Cc1nccs1. The Hall–Kier alpha value is -0.450. The van der Waals surface area contributed by atoms with Crippen LogP contribution < -0.4 is 0 Å². The van der Waals surface area contributed by atoms with Gasteiger partial charge in [-0.15, -0.1) is 11.3 Å². The Bertz CT molecular complexity index is 222. The molecule has 0 saturated heterocycles. The van der Waals surface area contributed by atoms with Crippen molar-refractivity contribution in [1.82, 2.24) is 4.98 Å². The second-order valence-electron chi connectivity index (χ2n) is 3.06. The molecule has 0 saturated carbocycles. The third kappa shape index (κ3) is 3.06. The van der Waals surface area contributed by atoms with Gasteiger partial charge < -0.3 is 9.84 Å². The van der Waals surface area contributed by atoms with Crippen molar-refractivity contribution in [2.75, 3.05) is 13.7 Å². The van der Waals surface area contributed by atoms with Crippen LogP contribution in [0.1, 0.15) is 11.9 Å². The van der Waals surface area contributed by atoms with E-state index in [1.165, 1.54) is 0 Å². The van der Waals surface area contributed by atoms with Crippen molar-refractivity contribution in [3.05, 3.63) is 16.6 Å². The van der Waals surface area contributed by atoms with Crippen LogP contribution in [0.5, 0.6) is 0 Å². The number of nitrogens with zero attached hydrogens (tertiary/aromatic N) is 1. The molecule has 0 aromatic carbocycles. The number of thiazole rings is 1. The van der Waals surface area contributed by atoms with Crippen LogP contribution in [0.2, 0.25) is 0 Å². The normalized spacial score (nSPS) is 15.6. The summed E-state index contributed by atoms with van der Waals surface area (Å²) in [4.78, 5) is 4.19. The summed E-state index contributed by atoms with van der Waals surface area (Å²) in [5.74, 6) is 0.307. The largest absolute Gasteiger partial charge is 0.394 e. The van der Waals surface area contributed by atoms with Gasteiger partial charge in [0.05, 0.1) is 17.7 Å². The van der Waals surface area contributed by atoms with E-state index in [1.54, 1.807) is 24.6 Å². The molecule has 1 N–H and O–H groups in total. The van der Waals surface area contributed by atoms with E-state index >= 15 is 0 Å². The van der Waals surface area contributed by atoms with Crippen molar-refractivity contribution in [2.45, 2.75) is 19.4 Å². The maximum atomic E-state index is 8.98. The number of aliphatic hydroxyl groups is 1. The summed E-state index contributed by atoms with van der Waals surface area (Å²) in [6, 6.07) is 0. The Labute approximate surface area is 82.4 Å². The molecule has 0 aliphatic heterocycles. The molecular weight excluding hydrogens is 186 g/mol. The van der Waals surface area contributed by atoms with E-state index in [9.17, 15) is 0 Å². The van der Waals surface area contributed by atoms with Gasteiger partial charge in [-0.2, -0.15) is 0 Å². The van der Waals surface area contributed by atoms with Gasteiger partial charge in [-0.05, 0) is 5.92 Å². The Kier molecular flexibility index (Phi) is 4.35. The highest BCUT2D eigenvalue weighted by molar-refractivity contribution is 7.09. The van der Waals surface area contributed by atoms with E-state index in [4.69, 9.17) is 9.84 Å². The Morgan fingerprint density at radius 2 is 2.46 bits per heavy atom. The Balaban J connectivity index is 2.44. The average molecular weight is 201 g/mol. The van der Waals surface area contributed by atoms with Gasteiger partial charge in [-0.25, -0.2) is 4.98 Å². The number of ether oxygens (including phenoxy) is 1. The molecule has 0 bridgehead atoms. The van der Waals surface area contributed by atoms with E-state index in [0.717, 1.165) is 11.4 Å². The zero-order chi connectivity index (χ0) is 9.68. The highest BCUT2D eigenvalue weighted by atomic mass is 32.1. The van der Waals surface area contributed by atoms with E-state index in [2.05, 4.69) is 11.9 Å². The summed E-state index contributed by atoms with van der Waals surface area (Å²) < 4.78 is 5.14. The molecule has 0 radical (unpaired) electrons. The lowest BCUT2D eigenvalue weighted by atomic mass is 10.0. The summed E-state index contributed by atoms with van der Waals surface area (Å²) in [7, 11) is 1.62. The van der Waals surface area contributed by atoms with Crippen LogP contribution in [0.15, 0.2) is 11.6 Å². The number of rotatable bonds is 5. The quantitative estimate of drug-likeness (QED) is 0.781. The predicted octanol–water partition coefficient (Wildman–Crippen LogP) is 1.33. The Morgan fingerprint density at radius 3 is 2.92 bits per heavy atom. The third-order valence-electron chi connectivity index (χ3n) is 2.10. The summed E-state index contributed by atoms with van der Waals surface area (Å²) in [5.41, 5.74) is 0. The maximum Gasteiger partial charge on any atom is 0.0928 e. The highest BCUT2D eigenvalue weighted by Gasteiger charge is 2.16. The summed E-state index contributed by atoms with van der Waals surface area (Å²) in [5, 5.41) is 12.0. The monoisotopic (exact) mass is 201 g/mol. The van der Waals surface area contributed by atoms with Crippen LogP contribution in [0.4, 0.5) is 0 Å². The molecule has 1 heterocycles. The zero-order valence-corrected chi connectivity index (χ0v) is 8.75. The first-order chi connectivity index (χ1) is 6.27. The lowest BCUT2D eigenvalue weighted by molar-refractivity contribution is 0.0130. The summed E-state index contributed by atoms with van der Waals surface area (Å²) in [6.07, 6.45) is 2.59. The van der Waals surface area contributed by atoms with Crippen LogP contribution in [-0.2, 0) is 11.2 Å². The van der Waals surface area contributed by atoms with Crippen LogP contribution in [-0.4, -0.2) is 29.9 Å². The fourth-order valence-electron chi connectivity index (χ4n) is 1.25. The highest BCUT2D eigenvalue weighted by Crippen LogP contribution is 2.15. The average Bonchev–Trinajstić information content (AvgIpc) is 2.59. The van der Waals surface area contributed by atoms with Gasteiger partial charge in [-0.3, -0.25) is 0 Å². The topological polar surface area (TPSA) is 42.4 Å². The molecule has 4 heteroatoms. The Morgan fingerprint density at radius 1 is 1.69 bits per heavy atom. The molecule has 2 atom stereocenters. The molecular formula is C9H15NO2S. The molecule has 0 aliphatic carbocycles. The standard InChI is InChI=1S/C9H15NO2S/c1-7(8(6-11)12-2)5-9-10-3-4-13-9/h3-4,7-8,11H,5-6H2,1-2H3/t7-,8?/m1/s1. The van der Waals surface area contributed by atoms with E-state index < -0.39 is 0 Å². The lowest BCUT2D eigenvalue weighted by Gasteiger charge is -2.19. The van der Waals surface area contributed by atoms with Crippen LogP contribution in [0.3, 0.4) is 0 Å². The van der Waals surface area contributed by atoms with Gasteiger partial charge in [0, 0.05) is 25.1 Å².